The molecule has 1 aliphatic rings. The van der Waals surface area contributed by atoms with E-state index in [-0.39, 0.29) is 5.91 Å². The average molecular weight is 291 g/mol. The molecule has 2 aromatic heterocycles. The summed E-state index contributed by atoms with van der Waals surface area (Å²) >= 11 is 0. The highest BCUT2D eigenvalue weighted by Crippen LogP contribution is 2.25. The first-order valence-electron chi connectivity index (χ1n) is 7.58. The van der Waals surface area contributed by atoms with Gasteiger partial charge in [-0.2, -0.15) is 0 Å². The van der Waals surface area contributed by atoms with Gasteiger partial charge in [-0.15, -0.1) is 0 Å². The number of benzene rings is 1. The Hall–Kier alpha value is -2.62. The lowest BCUT2D eigenvalue weighted by molar-refractivity contribution is 0.102. The number of amides is 1. The molecule has 0 atom stereocenters. The minimum absolute atomic E-state index is 0.117. The quantitative estimate of drug-likeness (QED) is 0.786. The second kappa shape index (κ2) is 4.98. The number of carbonyl (C=O) groups excluding carboxylic acids is 1. The number of pyridine rings is 1. The summed E-state index contributed by atoms with van der Waals surface area (Å²) in [5.41, 5.74) is 5.96. The fourth-order valence-corrected chi connectivity index (χ4v) is 3.17. The monoisotopic (exact) mass is 291 g/mol. The van der Waals surface area contributed by atoms with Gasteiger partial charge in [0.05, 0.1) is 5.56 Å². The van der Waals surface area contributed by atoms with Gasteiger partial charge in [0.2, 0.25) is 0 Å². The average Bonchev–Trinajstić information content (AvgIpc) is 3.16. The van der Waals surface area contributed by atoms with E-state index in [0.29, 0.717) is 11.2 Å². The Morgan fingerprint density at radius 2 is 2.05 bits per heavy atom. The van der Waals surface area contributed by atoms with E-state index in [1.54, 1.807) is 6.20 Å². The van der Waals surface area contributed by atoms with E-state index >= 15 is 0 Å². The molecular formula is C18H17N3O. The van der Waals surface area contributed by atoms with Gasteiger partial charge in [-0.05, 0) is 61.6 Å². The van der Waals surface area contributed by atoms with Crippen LogP contribution in [0, 0.1) is 6.92 Å². The summed E-state index contributed by atoms with van der Waals surface area (Å²) in [7, 11) is 0. The summed E-state index contributed by atoms with van der Waals surface area (Å²) in [6.07, 6.45) is 7.05. The molecule has 4 nitrogen and oxygen atoms in total. The van der Waals surface area contributed by atoms with Crippen LogP contribution >= 0.6 is 0 Å². The second-order valence-electron chi connectivity index (χ2n) is 5.80. The zero-order valence-electron chi connectivity index (χ0n) is 12.5. The molecular weight excluding hydrogens is 274 g/mol. The summed E-state index contributed by atoms with van der Waals surface area (Å²) in [4.78, 5) is 16.9. The molecule has 4 rings (SSSR count). The number of rotatable bonds is 2. The third-order valence-corrected chi connectivity index (χ3v) is 4.35. The van der Waals surface area contributed by atoms with Gasteiger partial charge in [-0.25, -0.2) is 4.98 Å². The van der Waals surface area contributed by atoms with Gasteiger partial charge in [0.1, 0.15) is 5.65 Å². The molecule has 0 fully saturated rings. The fourth-order valence-electron chi connectivity index (χ4n) is 3.17. The maximum Gasteiger partial charge on any atom is 0.259 e. The molecule has 3 aromatic rings. The lowest BCUT2D eigenvalue weighted by Gasteiger charge is -2.09. The number of fused-ring (bicyclic) bond motifs is 2. The van der Waals surface area contributed by atoms with E-state index in [1.807, 2.05) is 35.7 Å². The predicted octanol–water partition coefficient (Wildman–Crippen LogP) is 3.38. The summed E-state index contributed by atoms with van der Waals surface area (Å²) in [5.74, 6) is -0.117. The van der Waals surface area contributed by atoms with Crippen LogP contribution in [0.3, 0.4) is 0 Å². The molecule has 110 valence electrons. The predicted molar refractivity (Wildman–Crippen MR) is 86.3 cm³/mol. The fraction of sp³-hybridized carbons (Fsp3) is 0.222. The molecule has 0 radical (unpaired) electrons. The first kappa shape index (κ1) is 13.1. The summed E-state index contributed by atoms with van der Waals surface area (Å²) in [5, 5.41) is 3.00. The number of hydrogen-bond donors (Lipinski definition) is 1. The molecule has 0 saturated carbocycles. The summed E-state index contributed by atoms with van der Waals surface area (Å²) < 4.78 is 1.93. The zero-order chi connectivity index (χ0) is 15.1. The Morgan fingerprint density at radius 3 is 2.95 bits per heavy atom. The normalized spacial score (nSPS) is 13.3. The number of hydrogen-bond acceptors (Lipinski definition) is 2. The Bertz CT molecular complexity index is 879. The van der Waals surface area contributed by atoms with Crippen LogP contribution in [0.2, 0.25) is 0 Å². The van der Waals surface area contributed by atoms with Crippen molar-refractivity contribution in [3.8, 4) is 0 Å². The van der Waals surface area contributed by atoms with Crippen molar-refractivity contribution in [2.45, 2.75) is 26.2 Å². The van der Waals surface area contributed by atoms with Gasteiger partial charge in [0, 0.05) is 23.8 Å². The van der Waals surface area contributed by atoms with Crippen LogP contribution in [0.4, 0.5) is 5.69 Å². The number of nitrogens with one attached hydrogen (secondary N) is 1. The third-order valence-electron chi connectivity index (χ3n) is 4.35. The highest BCUT2D eigenvalue weighted by atomic mass is 16.1. The van der Waals surface area contributed by atoms with Crippen LogP contribution in [0.15, 0.2) is 42.7 Å². The van der Waals surface area contributed by atoms with Crippen LogP contribution in [0.1, 0.15) is 33.6 Å². The van der Waals surface area contributed by atoms with Crippen molar-refractivity contribution in [3.05, 3.63) is 65.1 Å². The molecule has 1 aliphatic carbocycles. The van der Waals surface area contributed by atoms with Gasteiger partial charge in [0.15, 0.2) is 0 Å². The van der Waals surface area contributed by atoms with E-state index in [0.717, 1.165) is 24.2 Å². The van der Waals surface area contributed by atoms with Crippen molar-refractivity contribution in [1.82, 2.24) is 9.38 Å². The molecule has 2 heterocycles. The molecule has 1 N–H and O–H groups in total. The number of carbonyl (C=O) groups is 1. The molecule has 0 aliphatic heterocycles. The van der Waals surface area contributed by atoms with Gasteiger partial charge in [-0.3, -0.25) is 4.79 Å². The number of aromatic nitrogens is 2. The number of nitrogens with zero attached hydrogens (tertiary/aromatic N) is 2. The van der Waals surface area contributed by atoms with Crippen molar-refractivity contribution in [2.24, 2.45) is 0 Å². The summed E-state index contributed by atoms with van der Waals surface area (Å²) in [6.45, 7) is 2.00. The van der Waals surface area contributed by atoms with Gasteiger partial charge < -0.3 is 9.72 Å². The van der Waals surface area contributed by atoms with Crippen LogP contribution in [-0.4, -0.2) is 15.3 Å². The van der Waals surface area contributed by atoms with Crippen LogP contribution < -0.4 is 5.32 Å². The van der Waals surface area contributed by atoms with E-state index in [2.05, 4.69) is 22.4 Å². The summed E-state index contributed by atoms with van der Waals surface area (Å²) in [6, 6.07) is 9.97. The molecule has 1 amide bonds. The van der Waals surface area contributed by atoms with Crippen molar-refractivity contribution in [1.29, 1.82) is 0 Å². The zero-order valence-corrected chi connectivity index (χ0v) is 12.5. The minimum atomic E-state index is -0.117. The third kappa shape index (κ3) is 2.08. The molecule has 0 bridgehead atoms. The van der Waals surface area contributed by atoms with Gasteiger partial charge in [-0.1, -0.05) is 6.07 Å². The lowest BCUT2D eigenvalue weighted by atomic mass is 10.1. The molecule has 4 heteroatoms. The Balaban J connectivity index is 1.66. The Kier molecular flexibility index (Phi) is 2.96. The Morgan fingerprint density at radius 1 is 1.18 bits per heavy atom. The first-order valence-corrected chi connectivity index (χ1v) is 7.58. The van der Waals surface area contributed by atoms with Crippen molar-refractivity contribution in [3.63, 3.8) is 0 Å². The molecule has 22 heavy (non-hydrogen) atoms. The standard InChI is InChI=1S/C18H17N3O/c1-12-5-8-16(17-19-9-10-21(12)17)18(22)20-15-7-6-13-3-2-4-14(13)11-15/h5-11H,2-4H2,1H3,(H,20,22). The maximum atomic E-state index is 12.6. The van der Waals surface area contributed by atoms with Gasteiger partial charge in [0.25, 0.3) is 5.91 Å². The molecule has 1 aromatic carbocycles. The minimum Gasteiger partial charge on any atom is -0.322 e. The van der Waals surface area contributed by atoms with Crippen LogP contribution in [0.25, 0.3) is 5.65 Å². The lowest BCUT2D eigenvalue weighted by Crippen LogP contribution is -2.14. The Labute approximate surface area is 128 Å². The highest BCUT2D eigenvalue weighted by Gasteiger charge is 2.15. The SMILES string of the molecule is Cc1ccc(C(=O)Nc2ccc3c(c2)CCC3)c2nccn12. The topological polar surface area (TPSA) is 46.4 Å². The number of imidazole rings is 1. The van der Waals surface area contributed by atoms with Crippen LogP contribution in [0.5, 0.6) is 0 Å². The smallest absolute Gasteiger partial charge is 0.259 e. The van der Waals surface area contributed by atoms with Crippen molar-refractivity contribution >= 4 is 17.2 Å². The largest absolute Gasteiger partial charge is 0.322 e. The van der Waals surface area contributed by atoms with Gasteiger partial charge >= 0.3 is 0 Å². The maximum absolute atomic E-state index is 12.6. The van der Waals surface area contributed by atoms with Crippen molar-refractivity contribution in [2.75, 3.05) is 5.32 Å². The van der Waals surface area contributed by atoms with E-state index in [9.17, 15) is 4.79 Å². The van der Waals surface area contributed by atoms with E-state index in [1.165, 1.54) is 17.5 Å². The molecule has 0 unspecified atom stereocenters. The second-order valence-corrected chi connectivity index (χ2v) is 5.80. The van der Waals surface area contributed by atoms with E-state index in [4.69, 9.17) is 0 Å². The van der Waals surface area contributed by atoms with E-state index < -0.39 is 0 Å². The molecule has 0 spiro atoms. The number of anilines is 1. The van der Waals surface area contributed by atoms with Crippen molar-refractivity contribution < 1.29 is 4.79 Å². The van der Waals surface area contributed by atoms with Crippen LogP contribution in [-0.2, 0) is 12.8 Å². The number of aryl methyl sites for hydroxylation is 3. The first-order chi connectivity index (χ1) is 10.7. The molecule has 0 saturated heterocycles. The highest BCUT2D eigenvalue weighted by molar-refractivity contribution is 6.08.